The first-order valence-corrected chi connectivity index (χ1v) is 7.14. The second-order valence-electron chi connectivity index (χ2n) is 4.13. The highest BCUT2D eigenvalue weighted by atomic mass is 32.1. The van der Waals surface area contributed by atoms with E-state index in [1.807, 2.05) is 53.4 Å². The molecule has 0 aliphatic rings. The Hall–Kier alpha value is -2.40. The van der Waals surface area contributed by atoms with Crippen LogP contribution in [0.4, 0.5) is 5.69 Å². The summed E-state index contributed by atoms with van der Waals surface area (Å²) in [6.45, 7) is 0.705. The van der Waals surface area contributed by atoms with Crippen LogP contribution < -0.4 is 10.1 Å². The van der Waals surface area contributed by atoms with E-state index in [2.05, 4.69) is 15.3 Å². The lowest BCUT2D eigenvalue weighted by atomic mass is 10.3. The highest BCUT2D eigenvalue weighted by Crippen LogP contribution is 2.22. The summed E-state index contributed by atoms with van der Waals surface area (Å²) in [5.74, 6) is 1.34. The van der Waals surface area contributed by atoms with Crippen LogP contribution in [0.1, 0.15) is 5.69 Å². The minimum atomic E-state index is 0.587. The number of nitrogens with one attached hydrogen (secondary N) is 1. The number of nitrogens with zero attached hydrogens (tertiary/aromatic N) is 2. The fourth-order valence-corrected chi connectivity index (χ4v) is 2.27. The van der Waals surface area contributed by atoms with E-state index >= 15 is 0 Å². The Kier molecular flexibility index (Phi) is 3.89. The highest BCUT2D eigenvalue weighted by molar-refractivity contribution is 7.07. The molecule has 1 aromatic carbocycles. The maximum atomic E-state index is 5.69. The molecule has 2 heterocycles. The summed E-state index contributed by atoms with van der Waals surface area (Å²) < 4.78 is 5.69. The van der Waals surface area contributed by atoms with Gasteiger partial charge in [-0.2, -0.15) is 0 Å². The van der Waals surface area contributed by atoms with Gasteiger partial charge < -0.3 is 10.1 Å². The number of pyridine rings is 1. The maximum Gasteiger partial charge on any atom is 0.219 e. The van der Waals surface area contributed by atoms with Gasteiger partial charge in [0.1, 0.15) is 5.75 Å². The Labute approximate surface area is 121 Å². The number of aromatic nitrogens is 2. The van der Waals surface area contributed by atoms with Crippen molar-refractivity contribution in [2.24, 2.45) is 0 Å². The zero-order chi connectivity index (χ0) is 13.6. The molecule has 4 nitrogen and oxygen atoms in total. The number of hydrogen-bond donors (Lipinski definition) is 1. The molecule has 3 aromatic rings. The Morgan fingerprint density at radius 2 is 2.10 bits per heavy atom. The molecule has 0 atom stereocenters. The quantitative estimate of drug-likeness (QED) is 0.770. The number of hydrogen-bond acceptors (Lipinski definition) is 5. The first kappa shape index (κ1) is 12.6. The minimum Gasteiger partial charge on any atom is -0.439 e. The van der Waals surface area contributed by atoms with E-state index in [0.717, 1.165) is 17.1 Å². The van der Waals surface area contributed by atoms with Gasteiger partial charge in [0.25, 0.3) is 0 Å². The van der Waals surface area contributed by atoms with Crippen molar-refractivity contribution in [1.29, 1.82) is 0 Å². The highest BCUT2D eigenvalue weighted by Gasteiger charge is 2.00. The standard InChI is InChI=1S/C15H13N3OS/c1-2-7-16-15(6-1)19-14-5-3-4-12(8-14)17-9-13-10-20-11-18-13/h1-8,10-11,17H,9H2. The van der Waals surface area contributed by atoms with E-state index in [1.165, 1.54) is 0 Å². The lowest BCUT2D eigenvalue weighted by molar-refractivity contribution is 0.463. The number of rotatable bonds is 5. The molecule has 0 spiro atoms. The fraction of sp³-hybridized carbons (Fsp3) is 0.0667. The largest absolute Gasteiger partial charge is 0.439 e. The zero-order valence-electron chi connectivity index (χ0n) is 10.7. The van der Waals surface area contributed by atoms with E-state index in [9.17, 15) is 0 Å². The summed E-state index contributed by atoms with van der Waals surface area (Å²) in [5, 5.41) is 5.35. The van der Waals surface area contributed by atoms with Gasteiger partial charge in [-0.3, -0.25) is 0 Å². The second-order valence-corrected chi connectivity index (χ2v) is 4.85. The van der Waals surface area contributed by atoms with Crippen LogP contribution in [-0.2, 0) is 6.54 Å². The summed E-state index contributed by atoms with van der Waals surface area (Å²) in [6.07, 6.45) is 1.71. The third-order valence-electron chi connectivity index (χ3n) is 2.65. The van der Waals surface area contributed by atoms with Gasteiger partial charge in [0.05, 0.1) is 17.7 Å². The molecule has 100 valence electrons. The van der Waals surface area contributed by atoms with Gasteiger partial charge in [0.2, 0.25) is 5.88 Å². The van der Waals surface area contributed by atoms with E-state index in [-0.39, 0.29) is 0 Å². The predicted octanol–water partition coefficient (Wildman–Crippen LogP) is 3.94. The molecular formula is C15H13N3OS. The maximum absolute atomic E-state index is 5.69. The van der Waals surface area contributed by atoms with Crippen molar-refractivity contribution in [3.05, 3.63) is 65.2 Å². The molecule has 5 heteroatoms. The molecule has 3 rings (SSSR count). The normalized spacial score (nSPS) is 10.2. The molecule has 0 saturated carbocycles. The lowest BCUT2D eigenvalue weighted by Crippen LogP contribution is -1.99. The van der Waals surface area contributed by atoms with Gasteiger partial charge in [0.15, 0.2) is 0 Å². The van der Waals surface area contributed by atoms with Gasteiger partial charge in [0, 0.05) is 29.4 Å². The van der Waals surface area contributed by atoms with Crippen LogP contribution in [0.25, 0.3) is 0 Å². The molecule has 0 fully saturated rings. The van der Waals surface area contributed by atoms with Crippen LogP contribution in [-0.4, -0.2) is 9.97 Å². The molecule has 0 aliphatic carbocycles. The topological polar surface area (TPSA) is 47.0 Å². The minimum absolute atomic E-state index is 0.587. The van der Waals surface area contributed by atoms with Gasteiger partial charge >= 0.3 is 0 Å². The van der Waals surface area contributed by atoms with Crippen LogP contribution in [0.15, 0.2) is 59.6 Å². The molecule has 1 N–H and O–H groups in total. The van der Waals surface area contributed by atoms with Crippen molar-refractivity contribution in [1.82, 2.24) is 9.97 Å². The fourth-order valence-electron chi connectivity index (χ4n) is 1.72. The SMILES string of the molecule is c1ccc(Oc2cccc(NCc3cscn3)c2)nc1. The average Bonchev–Trinajstić information content (AvgIpc) is 3.00. The third kappa shape index (κ3) is 3.33. The summed E-state index contributed by atoms with van der Waals surface area (Å²) in [7, 11) is 0. The zero-order valence-corrected chi connectivity index (χ0v) is 11.5. The average molecular weight is 283 g/mol. The molecular weight excluding hydrogens is 270 g/mol. The molecule has 0 saturated heterocycles. The molecule has 0 aliphatic heterocycles. The number of ether oxygens (including phenoxy) is 1. The van der Waals surface area contributed by atoms with Crippen LogP contribution in [0, 0.1) is 0 Å². The first-order chi connectivity index (χ1) is 9.90. The Morgan fingerprint density at radius 1 is 1.10 bits per heavy atom. The van der Waals surface area contributed by atoms with Gasteiger partial charge in [-0.15, -0.1) is 11.3 Å². The molecule has 20 heavy (non-hydrogen) atoms. The summed E-state index contributed by atoms with van der Waals surface area (Å²) >= 11 is 1.60. The van der Waals surface area contributed by atoms with E-state index in [0.29, 0.717) is 12.4 Å². The Bertz CT molecular complexity index is 656. The van der Waals surface area contributed by atoms with E-state index in [1.54, 1.807) is 17.5 Å². The van der Waals surface area contributed by atoms with Crippen LogP contribution in [0.3, 0.4) is 0 Å². The monoisotopic (exact) mass is 283 g/mol. The van der Waals surface area contributed by atoms with Gasteiger partial charge in [-0.25, -0.2) is 9.97 Å². The van der Waals surface area contributed by atoms with Crippen molar-refractivity contribution in [3.63, 3.8) is 0 Å². The Balaban J connectivity index is 1.66. The lowest BCUT2D eigenvalue weighted by Gasteiger charge is -2.08. The van der Waals surface area contributed by atoms with Crippen molar-refractivity contribution >= 4 is 17.0 Å². The summed E-state index contributed by atoms with van der Waals surface area (Å²) in [4.78, 5) is 8.38. The van der Waals surface area contributed by atoms with Crippen molar-refractivity contribution in [2.75, 3.05) is 5.32 Å². The summed E-state index contributed by atoms with van der Waals surface area (Å²) in [6, 6.07) is 13.4. The summed E-state index contributed by atoms with van der Waals surface area (Å²) in [5.41, 5.74) is 3.86. The van der Waals surface area contributed by atoms with Crippen LogP contribution in [0.5, 0.6) is 11.6 Å². The third-order valence-corrected chi connectivity index (χ3v) is 3.29. The molecule has 0 unspecified atom stereocenters. The van der Waals surface area contributed by atoms with Gasteiger partial charge in [-0.1, -0.05) is 12.1 Å². The van der Waals surface area contributed by atoms with E-state index < -0.39 is 0 Å². The molecule has 0 bridgehead atoms. The Morgan fingerprint density at radius 3 is 2.90 bits per heavy atom. The second kappa shape index (κ2) is 6.16. The first-order valence-electron chi connectivity index (χ1n) is 6.20. The van der Waals surface area contributed by atoms with Crippen molar-refractivity contribution in [3.8, 4) is 11.6 Å². The smallest absolute Gasteiger partial charge is 0.219 e. The van der Waals surface area contributed by atoms with Crippen molar-refractivity contribution < 1.29 is 4.74 Å². The van der Waals surface area contributed by atoms with E-state index in [4.69, 9.17) is 4.74 Å². The number of benzene rings is 1. The molecule has 2 aromatic heterocycles. The van der Waals surface area contributed by atoms with Crippen molar-refractivity contribution in [2.45, 2.75) is 6.54 Å². The van der Waals surface area contributed by atoms with Crippen LogP contribution in [0.2, 0.25) is 0 Å². The number of thiazole rings is 1. The van der Waals surface area contributed by atoms with Gasteiger partial charge in [-0.05, 0) is 18.2 Å². The predicted molar refractivity (Wildman–Crippen MR) is 80.2 cm³/mol. The molecule has 0 radical (unpaired) electrons. The number of anilines is 1. The molecule has 0 amide bonds. The van der Waals surface area contributed by atoms with Crippen LogP contribution >= 0.6 is 11.3 Å².